The summed E-state index contributed by atoms with van der Waals surface area (Å²) >= 11 is 1.62. The molecule has 1 aliphatic carbocycles. The topological polar surface area (TPSA) is 56.1 Å². The molecule has 24 heavy (non-hydrogen) atoms. The van der Waals surface area contributed by atoms with E-state index in [9.17, 15) is 10.1 Å². The fourth-order valence-electron chi connectivity index (χ4n) is 4.03. The molecular weight excluding hydrogens is 318 g/mol. The van der Waals surface area contributed by atoms with E-state index in [4.69, 9.17) is 0 Å². The molecule has 0 bridgehead atoms. The minimum Gasteiger partial charge on any atom is -0.315 e. The van der Waals surface area contributed by atoms with E-state index < -0.39 is 0 Å². The van der Waals surface area contributed by atoms with Crippen LogP contribution in [-0.2, 0) is 17.6 Å². The largest absolute Gasteiger partial charge is 0.315 e. The zero-order valence-electron chi connectivity index (χ0n) is 14.6. The summed E-state index contributed by atoms with van der Waals surface area (Å²) in [6.45, 7) is 3.66. The van der Waals surface area contributed by atoms with Gasteiger partial charge in [-0.2, -0.15) is 5.26 Å². The van der Waals surface area contributed by atoms with Crippen molar-refractivity contribution < 1.29 is 4.79 Å². The molecule has 130 valence electrons. The Morgan fingerprint density at radius 1 is 1.29 bits per heavy atom. The van der Waals surface area contributed by atoms with Crippen molar-refractivity contribution in [3.8, 4) is 6.07 Å². The number of hydrogen-bond acceptors (Lipinski definition) is 4. The molecule has 1 unspecified atom stereocenters. The number of nitrogens with one attached hydrogen (secondary N) is 1. The van der Waals surface area contributed by atoms with Crippen molar-refractivity contribution in [2.75, 3.05) is 18.4 Å². The van der Waals surface area contributed by atoms with Gasteiger partial charge in [0.1, 0.15) is 11.1 Å². The predicted octanol–water partition coefficient (Wildman–Crippen LogP) is 4.09. The van der Waals surface area contributed by atoms with Crippen molar-refractivity contribution in [3.05, 3.63) is 16.0 Å². The number of piperidine rings is 1. The van der Waals surface area contributed by atoms with Gasteiger partial charge in [-0.15, -0.1) is 11.3 Å². The van der Waals surface area contributed by atoms with E-state index in [-0.39, 0.29) is 5.91 Å². The van der Waals surface area contributed by atoms with Gasteiger partial charge in [0.05, 0.1) is 12.1 Å². The van der Waals surface area contributed by atoms with Crippen LogP contribution in [0.5, 0.6) is 0 Å². The second-order valence-corrected chi connectivity index (χ2v) is 8.06. The monoisotopic (exact) mass is 345 g/mol. The van der Waals surface area contributed by atoms with Gasteiger partial charge in [-0.1, -0.05) is 19.8 Å². The third kappa shape index (κ3) is 3.81. The van der Waals surface area contributed by atoms with Crippen LogP contribution in [0.3, 0.4) is 0 Å². The van der Waals surface area contributed by atoms with Crippen molar-refractivity contribution in [1.29, 1.82) is 5.26 Å². The number of amides is 1. The third-order valence-electron chi connectivity index (χ3n) is 5.35. The van der Waals surface area contributed by atoms with E-state index in [1.165, 1.54) is 42.5 Å². The number of carbonyl (C=O) groups is 1. The molecule has 3 rings (SSSR count). The second-order valence-electron chi connectivity index (χ2n) is 6.96. The van der Waals surface area contributed by atoms with Crippen LogP contribution in [0.25, 0.3) is 0 Å². The van der Waals surface area contributed by atoms with Crippen LogP contribution < -0.4 is 5.32 Å². The van der Waals surface area contributed by atoms with Crippen molar-refractivity contribution in [2.24, 2.45) is 0 Å². The van der Waals surface area contributed by atoms with Gasteiger partial charge in [0.2, 0.25) is 5.91 Å². The van der Waals surface area contributed by atoms with Gasteiger partial charge in [-0.25, -0.2) is 0 Å². The zero-order chi connectivity index (χ0) is 16.9. The molecule has 1 aromatic heterocycles. The summed E-state index contributed by atoms with van der Waals surface area (Å²) in [5, 5.41) is 13.4. The third-order valence-corrected chi connectivity index (χ3v) is 6.56. The molecule has 5 heteroatoms. The standard InChI is InChI=1S/C19H27N3OS/c1-2-14-8-6-7-11-22(14)13-18(23)21-19-16(12-20)15-9-4-3-5-10-17(15)24-19/h14H,2-11,13H2,1H3,(H,21,23). The normalized spacial score (nSPS) is 21.6. The van der Waals surface area contributed by atoms with Crippen molar-refractivity contribution in [3.63, 3.8) is 0 Å². The molecule has 0 aromatic carbocycles. The lowest BCUT2D eigenvalue weighted by atomic mass is 10.00. The molecule has 1 amide bonds. The predicted molar refractivity (Wildman–Crippen MR) is 98.4 cm³/mol. The fraction of sp³-hybridized carbons (Fsp3) is 0.684. The van der Waals surface area contributed by atoms with Gasteiger partial charge in [-0.05, 0) is 57.1 Å². The number of rotatable bonds is 4. The summed E-state index contributed by atoms with van der Waals surface area (Å²) in [6, 6.07) is 2.87. The molecule has 1 N–H and O–H groups in total. The van der Waals surface area contributed by atoms with E-state index in [1.807, 2.05) is 0 Å². The van der Waals surface area contributed by atoms with Crippen LogP contribution in [0, 0.1) is 11.3 Å². The molecule has 1 atom stereocenters. The second kappa shape index (κ2) is 8.13. The SMILES string of the molecule is CCC1CCCCN1CC(=O)Nc1sc2c(c1C#N)CCCCC2. The van der Waals surface area contributed by atoms with E-state index in [1.54, 1.807) is 11.3 Å². The number of hydrogen-bond donors (Lipinski definition) is 1. The van der Waals surface area contributed by atoms with E-state index in [0.29, 0.717) is 12.6 Å². The number of nitrogens with zero attached hydrogens (tertiary/aromatic N) is 2. The molecule has 1 saturated heterocycles. The van der Waals surface area contributed by atoms with Gasteiger partial charge in [0.25, 0.3) is 0 Å². The lowest BCUT2D eigenvalue weighted by Gasteiger charge is -2.34. The van der Waals surface area contributed by atoms with Crippen molar-refractivity contribution in [2.45, 2.75) is 70.8 Å². The Morgan fingerprint density at radius 2 is 2.12 bits per heavy atom. The number of carbonyl (C=O) groups excluding carboxylic acids is 1. The van der Waals surface area contributed by atoms with E-state index in [0.717, 1.165) is 42.8 Å². The van der Waals surface area contributed by atoms with Crippen molar-refractivity contribution in [1.82, 2.24) is 4.90 Å². The number of fused-ring (bicyclic) bond motifs is 1. The Bertz CT molecular complexity index is 631. The summed E-state index contributed by atoms with van der Waals surface area (Å²) in [5.74, 6) is 0.0308. The van der Waals surface area contributed by atoms with Gasteiger partial charge in [-0.3, -0.25) is 9.69 Å². The van der Waals surface area contributed by atoms with Crippen LogP contribution in [0.15, 0.2) is 0 Å². The van der Waals surface area contributed by atoms with Gasteiger partial charge in [0, 0.05) is 10.9 Å². The first-order chi connectivity index (χ1) is 11.7. The van der Waals surface area contributed by atoms with Crippen molar-refractivity contribution >= 4 is 22.2 Å². The first-order valence-electron chi connectivity index (χ1n) is 9.31. The first kappa shape index (κ1) is 17.4. The maximum atomic E-state index is 12.5. The summed E-state index contributed by atoms with van der Waals surface area (Å²) in [7, 11) is 0. The Hall–Kier alpha value is -1.38. The molecule has 0 saturated carbocycles. The zero-order valence-corrected chi connectivity index (χ0v) is 15.4. The highest BCUT2D eigenvalue weighted by molar-refractivity contribution is 7.16. The van der Waals surface area contributed by atoms with Crippen LogP contribution >= 0.6 is 11.3 Å². The van der Waals surface area contributed by atoms with Gasteiger partial charge < -0.3 is 5.32 Å². The fourth-order valence-corrected chi connectivity index (χ4v) is 5.29. The summed E-state index contributed by atoms with van der Waals surface area (Å²) < 4.78 is 0. The van der Waals surface area contributed by atoms with Crippen LogP contribution in [0.2, 0.25) is 0 Å². The molecule has 2 aliphatic rings. The Morgan fingerprint density at radius 3 is 2.92 bits per heavy atom. The number of nitriles is 1. The highest BCUT2D eigenvalue weighted by atomic mass is 32.1. The highest BCUT2D eigenvalue weighted by Gasteiger charge is 2.25. The van der Waals surface area contributed by atoms with Crippen LogP contribution in [0.4, 0.5) is 5.00 Å². The maximum Gasteiger partial charge on any atom is 0.239 e. The average molecular weight is 346 g/mol. The highest BCUT2D eigenvalue weighted by Crippen LogP contribution is 2.37. The molecule has 1 aliphatic heterocycles. The molecule has 2 heterocycles. The molecule has 4 nitrogen and oxygen atoms in total. The molecule has 0 spiro atoms. The smallest absolute Gasteiger partial charge is 0.239 e. The summed E-state index contributed by atoms with van der Waals surface area (Å²) in [4.78, 5) is 16.2. The van der Waals surface area contributed by atoms with Gasteiger partial charge in [0.15, 0.2) is 0 Å². The molecular formula is C19H27N3OS. The van der Waals surface area contributed by atoms with Crippen LogP contribution in [0.1, 0.15) is 67.9 Å². The summed E-state index contributed by atoms with van der Waals surface area (Å²) in [5.41, 5.74) is 1.91. The van der Waals surface area contributed by atoms with Gasteiger partial charge >= 0.3 is 0 Å². The Labute approximate surface area is 148 Å². The number of thiophene rings is 1. The quantitative estimate of drug-likeness (QED) is 0.836. The number of likely N-dealkylation sites (tertiary alicyclic amines) is 1. The summed E-state index contributed by atoms with van der Waals surface area (Å²) in [6.07, 6.45) is 10.4. The number of aryl methyl sites for hydroxylation is 1. The Balaban J connectivity index is 1.69. The lowest BCUT2D eigenvalue weighted by molar-refractivity contribution is -0.118. The first-order valence-corrected chi connectivity index (χ1v) is 10.1. The number of anilines is 1. The van der Waals surface area contributed by atoms with Crippen LogP contribution in [-0.4, -0.2) is 29.9 Å². The Kier molecular flexibility index (Phi) is 5.91. The molecule has 0 radical (unpaired) electrons. The molecule has 1 fully saturated rings. The minimum absolute atomic E-state index is 0.0308. The molecule has 1 aromatic rings. The maximum absolute atomic E-state index is 12.5. The average Bonchev–Trinajstić information content (AvgIpc) is 2.75. The van der Waals surface area contributed by atoms with E-state index in [2.05, 4.69) is 23.2 Å². The van der Waals surface area contributed by atoms with E-state index >= 15 is 0 Å². The minimum atomic E-state index is 0.0308. The lowest BCUT2D eigenvalue weighted by Crippen LogP contribution is -2.43.